The molecule has 17 heteroatoms. The van der Waals surface area contributed by atoms with Gasteiger partial charge in [0, 0.05) is 12.1 Å². The van der Waals surface area contributed by atoms with Gasteiger partial charge in [-0.15, -0.1) is 0 Å². The van der Waals surface area contributed by atoms with Gasteiger partial charge in [0.2, 0.25) is 0 Å². The second kappa shape index (κ2) is 16.1. The Labute approximate surface area is 380 Å². The van der Waals surface area contributed by atoms with E-state index in [1.807, 2.05) is 45.0 Å². The van der Waals surface area contributed by atoms with Crippen molar-refractivity contribution in [3.63, 3.8) is 0 Å². The molecule has 6 fully saturated rings. The summed E-state index contributed by atoms with van der Waals surface area (Å²) in [5.74, 6) is -0.369. The van der Waals surface area contributed by atoms with E-state index < -0.39 is 90.4 Å². The average Bonchev–Trinajstić information content (AvgIpc) is 4.17. The second-order valence-corrected chi connectivity index (χ2v) is 28.1. The standard InChI is InChI=1S/C46H64IN6O9S/c1-7-36-46(47-36,42(56)52-63(6,58,59)45(5)19-20-45)51-39(54)34-24-30-25-53(34)41(55)38(44(2,3)4)50-43(57)62-35-21-26(35)13-9-8-10-15-32-37(60-29-22-27-17-18-28(23-29)48-27)31-14-11-12-16-33(31)49-40(32)61-30/h7,11-12,14,16,26-30,34-36,38,48H,1,8-10,13,15,17-25H2,2-6H3,(H,50,57)(H,51,54)(H2,52,56,58,59)/q-1/t26-,27?,28?,29?,30-,34+,35-,36+,38-,46-/m1/s1. The number of piperidine rings is 1. The first kappa shape index (κ1) is 44.6. The van der Waals surface area contributed by atoms with Gasteiger partial charge in [-0.05, 0) is 32.1 Å². The van der Waals surface area contributed by atoms with Crippen LogP contribution in [-0.4, -0.2) is 110 Å². The number of fused-ring (bicyclic) bond motifs is 7. The summed E-state index contributed by atoms with van der Waals surface area (Å²) in [5.41, 5.74) is 0.801. The van der Waals surface area contributed by atoms with Crippen LogP contribution in [0, 0.1) is 11.3 Å². The van der Waals surface area contributed by atoms with Gasteiger partial charge in [0.25, 0.3) is 0 Å². The van der Waals surface area contributed by atoms with Crippen LogP contribution >= 0.6 is 0 Å². The molecule has 5 N–H and O–H groups in total. The van der Waals surface area contributed by atoms with Gasteiger partial charge in [-0.3, -0.25) is 0 Å². The van der Waals surface area contributed by atoms with E-state index in [4.69, 9.17) is 19.2 Å². The number of nitrogens with one attached hydrogen (secondary N) is 4. The van der Waals surface area contributed by atoms with Crippen LogP contribution in [0.25, 0.3) is 10.9 Å². The fraction of sp³-hybridized carbons (Fsp3) is 0.674. The number of alkyl halides is 2. The van der Waals surface area contributed by atoms with Crippen LogP contribution in [0.5, 0.6) is 11.6 Å². The third-order valence-corrected chi connectivity index (χ3v) is 21.9. The van der Waals surface area contributed by atoms with Gasteiger partial charge in [0.1, 0.15) is 0 Å². The molecule has 9 atom stereocenters. The number of amides is 4. The van der Waals surface area contributed by atoms with Gasteiger partial charge in [-0.25, -0.2) is 0 Å². The fourth-order valence-corrected chi connectivity index (χ4v) is 14.9. The van der Waals surface area contributed by atoms with Crippen molar-refractivity contribution in [2.75, 3.05) is 12.8 Å². The number of hydrogen-bond acceptors (Lipinski definition) is 10. The van der Waals surface area contributed by atoms with Crippen LogP contribution in [0.1, 0.15) is 110 Å². The molecule has 5 aliphatic heterocycles. The number of aromatic nitrogens is 1. The van der Waals surface area contributed by atoms with Crippen LogP contribution < -0.4 is 51.4 Å². The summed E-state index contributed by atoms with van der Waals surface area (Å²) in [7, 11) is -4.63. The van der Waals surface area contributed by atoms with Crippen LogP contribution in [0.3, 0.4) is 0 Å². The van der Waals surface area contributed by atoms with Crippen molar-refractivity contribution in [1.82, 2.24) is 30.6 Å². The van der Waals surface area contributed by atoms with E-state index in [0.29, 0.717) is 37.2 Å². The molecule has 7 aliphatic rings. The molecule has 2 aliphatic carbocycles. The summed E-state index contributed by atoms with van der Waals surface area (Å²) >= 11 is -1.06. The molecule has 2 aromatic rings. The molecule has 0 radical (unpaired) electrons. The molecular weight excluding hydrogens is 940 g/mol. The van der Waals surface area contributed by atoms with E-state index in [-0.39, 0.29) is 31.1 Å². The predicted octanol–water partition coefficient (Wildman–Crippen LogP) is 1.87. The minimum atomic E-state index is -4.63. The van der Waals surface area contributed by atoms with Crippen molar-refractivity contribution in [1.29, 1.82) is 0 Å². The van der Waals surface area contributed by atoms with Crippen molar-refractivity contribution in [3.05, 3.63) is 42.5 Å². The zero-order chi connectivity index (χ0) is 44.7. The Bertz CT molecular complexity index is 2260. The number of benzene rings is 1. The molecule has 15 nitrogen and oxygen atoms in total. The van der Waals surface area contributed by atoms with Crippen molar-refractivity contribution >= 4 is 44.3 Å². The van der Waals surface area contributed by atoms with Crippen LogP contribution in [0.4, 0.5) is 4.79 Å². The van der Waals surface area contributed by atoms with Crippen molar-refractivity contribution in [2.24, 2.45) is 11.3 Å². The van der Waals surface area contributed by atoms with Crippen LogP contribution in [0.15, 0.2) is 36.9 Å². The zero-order valence-electron chi connectivity index (χ0n) is 37.1. The third-order valence-electron chi connectivity index (χ3n) is 14.6. The van der Waals surface area contributed by atoms with Gasteiger partial charge in [-0.2, -0.15) is 0 Å². The molecule has 9 rings (SSSR count). The molecule has 4 saturated heterocycles. The average molecular weight is 1000 g/mol. The van der Waals surface area contributed by atoms with Crippen molar-refractivity contribution in [3.8, 4) is 11.6 Å². The van der Waals surface area contributed by atoms with E-state index >= 15 is 0 Å². The van der Waals surface area contributed by atoms with Crippen LogP contribution in [0.2, 0.25) is 0 Å². The molecule has 1 aromatic carbocycles. The van der Waals surface area contributed by atoms with E-state index in [2.05, 4.69) is 27.3 Å². The van der Waals surface area contributed by atoms with Gasteiger partial charge in [-0.1, -0.05) is 12.5 Å². The predicted molar refractivity (Wildman–Crippen MR) is 234 cm³/mol. The first-order valence-corrected chi connectivity index (χ1v) is 27.5. The Morgan fingerprint density at radius 3 is 2.48 bits per heavy atom. The van der Waals surface area contributed by atoms with E-state index in [1.54, 1.807) is 13.0 Å². The minimum absolute atomic E-state index is 0.00803. The molecule has 1 aromatic heterocycles. The molecule has 6 heterocycles. The second-order valence-electron chi connectivity index (χ2n) is 20.7. The van der Waals surface area contributed by atoms with E-state index in [1.165, 1.54) is 11.2 Å². The summed E-state index contributed by atoms with van der Waals surface area (Å²) in [6.45, 7) is 11.1. The van der Waals surface area contributed by atoms with Crippen molar-refractivity contribution in [2.45, 2.75) is 166 Å². The number of ether oxygens (including phenoxy) is 3. The van der Waals surface area contributed by atoms with Gasteiger partial charge in [0.15, 0.2) is 0 Å². The van der Waals surface area contributed by atoms with E-state index in [9.17, 15) is 27.9 Å². The Hall–Kier alpha value is -3.55. The van der Waals surface area contributed by atoms with Gasteiger partial charge >= 0.3 is 320 Å². The first-order valence-electron chi connectivity index (χ1n) is 22.8. The molecule has 2 saturated carbocycles. The number of hydrogen-bond donors (Lipinski definition) is 5. The molecule has 4 amide bonds. The SMILES string of the molecule is C=C[C@@H]1[I-][C@]1(NC(=O)[C@@H]1C[C@@H]2CN1C(=O)[C@H](C(C)(C)C)NC(=O)O[C@@H]1C[C@H]1CCCCCc1c(nc3ccccc3c1OC1CC3CCC(C1)N3)O2)C(=O)NS(C)(=O)(O)C1(C)CC1. The summed E-state index contributed by atoms with van der Waals surface area (Å²) < 4.78 is 44.8. The van der Waals surface area contributed by atoms with Crippen LogP contribution in [-0.2, 0) is 35.1 Å². The summed E-state index contributed by atoms with van der Waals surface area (Å²) in [6.07, 6.45) is 11.5. The molecule has 0 spiro atoms. The Morgan fingerprint density at radius 2 is 1.79 bits per heavy atom. The number of rotatable bonds is 8. The zero-order valence-corrected chi connectivity index (χ0v) is 40.1. The van der Waals surface area contributed by atoms with Gasteiger partial charge < -0.3 is 5.32 Å². The number of halogens is 1. The monoisotopic (exact) mass is 1000 g/mol. The van der Waals surface area contributed by atoms with Crippen molar-refractivity contribution < 1.29 is 63.4 Å². The number of carbonyl (C=O) groups excluding carboxylic acids is 4. The number of pyridine rings is 1. The number of alkyl carbamates (subject to hydrolysis) is 1. The maximum atomic E-state index is 15.0. The quantitative estimate of drug-likeness (QED) is 0.112. The molecule has 346 valence electrons. The maximum absolute atomic E-state index is 15.0. The Morgan fingerprint density at radius 1 is 1.06 bits per heavy atom. The van der Waals surface area contributed by atoms with Gasteiger partial charge in [0.05, 0.1) is 0 Å². The summed E-state index contributed by atoms with van der Waals surface area (Å²) in [4.78, 5) is 63.9. The number of nitrogens with zero attached hydrogens (tertiary/aromatic N) is 2. The summed E-state index contributed by atoms with van der Waals surface area (Å²) in [5, 5.41) is 10.5. The number of carbonyl (C=O) groups is 4. The normalized spacial score (nSPS) is 34.7. The molecular formula is C46H64IN6O9S-. The topological polar surface area (TPSA) is 198 Å². The first-order chi connectivity index (χ1) is 29.7. The van der Waals surface area contributed by atoms with E-state index in [0.717, 1.165) is 80.0 Å². The summed E-state index contributed by atoms with van der Waals surface area (Å²) in [6, 6.07) is 6.59. The molecule has 4 bridgehead atoms. The molecule has 2 unspecified atom stereocenters. The Balaban J connectivity index is 1.06. The Kier molecular flexibility index (Phi) is 11.4. The third kappa shape index (κ3) is 8.80. The molecule has 63 heavy (non-hydrogen) atoms. The fourth-order valence-electron chi connectivity index (χ4n) is 10.1. The number of para-hydroxylation sites is 1.